The lowest BCUT2D eigenvalue weighted by Crippen LogP contribution is -2.52. The molecule has 3 aromatic carbocycles. The highest BCUT2D eigenvalue weighted by Crippen LogP contribution is 2.19. The average Bonchev–Trinajstić information content (AvgIpc) is 2.86. The van der Waals surface area contributed by atoms with Crippen LogP contribution in [0.4, 0.5) is 0 Å². The van der Waals surface area contributed by atoms with Gasteiger partial charge in [-0.25, -0.2) is 0 Å². The van der Waals surface area contributed by atoms with E-state index in [-0.39, 0.29) is 17.9 Å². The Morgan fingerprint density at radius 1 is 0.861 bits per heavy atom. The molecule has 0 saturated heterocycles. The van der Waals surface area contributed by atoms with Crippen molar-refractivity contribution in [3.05, 3.63) is 107 Å². The lowest BCUT2D eigenvalue weighted by atomic mass is 10.0. The third kappa shape index (κ3) is 8.56. The van der Waals surface area contributed by atoms with Crippen molar-refractivity contribution in [1.82, 2.24) is 10.2 Å². The molecule has 0 bridgehead atoms. The highest BCUT2D eigenvalue weighted by Gasteiger charge is 2.30. The number of carbonyl (C=O) groups is 2. The van der Waals surface area contributed by atoms with Gasteiger partial charge in [-0.1, -0.05) is 96.9 Å². The number of nitrogens with zero attached hydrogens (tertiary/aromatic N) is 1. The Balaban J connectivity index is 1.85. The Morgan fingerprint density at radius 3 is 2.11 bits per heavy atom. The van der Waals surface area contributed by atoms with E-state index in [1.165, 1.54) is 11.1 Å². The zero-order valence-corrected chi connectivity index (χ0v) is 22.7. The molecule has 0 radical (unpaired) electrons. The summed E-state index contributed by atoms with van der Waals surface area (Å²) >= 11 is 1.60. The van der Waals surface area contributed by atoms with Gasteiger partial charge in [0.2, 0.25) is 11.8 Å². The molecule has 4 nitrogen and oxygen atoms in total. The Labute approximate surface area is 220 Å². The standard InChI is InChI=1S/C31H38N2O2S/c1-5-25(4)32-31(35)29(19-26-13-7-6-8-14-26)33(20-27-15-9-11-23(2)17-27)30(34)22-36-21-28-16-10-12-24(3)18-28/h6-18,25,29H,5,19-22H2,1-4H3,(H,32,35)/t25-,29+/m0/s1. The first-order valence-corrected chi connectivity index (χ1v) is 13.8. The van der Waals surface area contributed by atoms with Gasteiger partial charge in [-0.2, -0.15) is 0 Å². The van der Waals surface area contributed by atoms with E-state index in [1.807, 2.05) is 68.4 Å². The summed E-state index contributed by atoms with van der Waals surface area (Å²) in [6.07, 6.45) is 1.31. The monoisotopic (exact) mass is 502 g/mol. The second-order valence-corrected chi connectivity index (χ2v) is 10.5. The molecule has 190 valence electrons. The lowest BCUT2D eigenvalue weighted by Gasteiger charge is -2.32. The molecule has 0 aromatic heterocycles. The number of amides is 2. The molecule has 5 heteroatoms. The number of nitrogens with one attached hydrogen (secondary N) is 1. The van der Waals surface area contributed by atoms with Gasteiger partial charge in [0.25, 0.3) is 0 Å². The highest BCUT2D eigenvalue weighted by molar-refractivity contribution is 7.99. The van der Waals surface area contributed by atoms with Crippen LogP contribution in [0.5, 0.6) is 0 Å². The van der Waals surface area contributed by atoms with Gasteiger partial charge in [-0.15, -0.1) is 11.8 Å². The molecule has 2 amide bonds. The molecule has 2 atom stereocenters. The van der Waals surface area contributed by atoms with E-state index in [4.69, 9.17) is 0 Å². The summed E-state index contributed by atoms with van der Waals surface area (Å²) < 4.78 is 0. The molecule has 0 aliphatic rings. The average molecular weight is 503 g/mol. The Morgan fingerprint density at radius 2 is 1.47 bits per heavy atom. The van der Waals surface area contributed by atoms with Gasteiger partial charge < -0.3 is 10.2 Å². The van der Waals surface area contributed by atoms with E-state index in [9.17, 15) is 9.59 Å². The van der Waals surface area contributed by atoms with E-state index in [0.717, 1.165) is 28.9 Å². The smallest absolute Gasteiger partial charge is 0.243 e. The van der Waals surface area contributed by atoms with Crippen LogP contribution in [-0.2, 0) is 28.3 Å². The molecule has 0 spiro atoms. The van der Waals surface area contributed by atoms with Crippen LogP contribution in [-0.4, -0.2) is 34.6 Å². The molecule has 0 aliphatic heterocycles. The summed E-state index contributed by atoms with van der Waals surface area (Å²) in [5.41, 5.74) is 5.62. The molecule has 3 rings (SSSR count). The first kappa shape index (κ1) is 27.5. The molecule has 0 unspecified atom stereocenters. The van der Waals surface area contributed by atoms with Crippen LogP contribution in [0.3, 0.4) is 0 Å². The fourth-order valence-corrected chi connectivity index (χ4v) is 5.00. The van der Waals surface area contributed by atoms with Crippen molar-refractivity contribution in [3.63, 3.8) is 0 Å². The first-order valence-electron chi connectivity index (χ1n) is 12.7. The van der Waals surface area contributed by atoms with E-state index in [1.54, 1.807) is 16.7 Å². The maximum absolute atomic E-state index is 13.7. The molecule has 36 heavy (non-hydrogen) atoms. The Bertz CT molecular complexity index is 1130. The molecule has 0 aliphatic carbocycles. The van der Waals surface area contributed by atoms with Crippen LogP contribution in [0.25, 0.3) is 0 Å². The van der Waals surface area contributed by atoms with Gasteiger partial charge in [0.15, 0.2) is 0 Å². The van der Waals surface area contributed by atoms with Gasteiger partial charge in [0.1, 0.15) is 6.04 Å². The molecule has 0 saturated carbocycles. The third-order valence-electron chi connectivity index (χ3n) is 6.28. The summed E-state index contributed by atoms with van der Waals surface area (Å²) in [5, 5.41) is 3.13. The van der Waals surface area contributed by atoms with Gasteiger partial charge in [0, 0.05) is 24.8 Å². The summed E-state index contributed by atoms with van der Waals surface area (Å²) in [4.78, 5) is 29.0. The van der Waals surface area contributed by atoms with Crippen molar-refractivity contribution in [2.24, 2.45) is 0 Å². The van der Waals surface area contributed by atoms with Crippen molar-refractivity contribution in [2.45, 2.75) is 64.9 Å². The molecule has 3 aromatic rings. The fourth-order valence-electron chi connectivity index (χ4n) is 4.14. The number of hydrogen-bond donors (Lipinski definition) is 1. The maximum Gasteiger partial charge on any atom is 0.243 e. The zero-order chi connectivity index (χ0) is 25.9. The molecule has 0 heterocycles. The fraction of sp³-hybridized carbons (Fsp3) is 0.355. The minimum Gasteiger partial charge on any atom is -0.352 e. The Hall–Kier alpha value is -3.05. The van der Waals surface area contributed by atoms with Crippen molar-refractivity contribution in [3.8, 4) is 0 Å². The Kier molecular flexibility index (Phi) is 10.6. The SMILES string of the molecule is CC[C@H](C)NC(=O)[C@@H](Cc1ccccc1)N(Cc1cccc(C)c1)C(=O)CSCc1cccc(C)c1. The predicted octanol–water partition coefficient (Wildman–Crippen LogP) is 6.09. The number of aryl methyl sites for hydroxylation is 2. The zero-order valence-electron chi connectivity index (χ0n) is 21.9. The van der Waals surface area contributed by atoms with Crippen LogP contribution in [0.1, 0.15) is 48.1 Å². The number of rotatable bonds is 12. The maximum atomic E-state index is 13.7. The van der Waals surface area contributed by atoms with Crippen LogP contribution >= 0.6 is 11.8 Å². The van der Waals surface area contributed by atoms with Crippen LogP contribution in [0.2, 0.25) is 0 Å². The number of carbonyl (C=O) groups excluding carboxylic acids is 2. The van der Waals surface area contributed by atoms with E-state index >= 15 is 0 Å². The van der Waals surface area contributed by atoms with Crippen molar-refractivity contribution < 1.29 is 9.59 Å². The summed E-state index contributed by atoms with van der Waals surface area (Å²) in [5.74, 6) is 0.961. The van der Waals surface area contributed by atoms with E-state index in [2.05, 4.69) is 43.4 Å². The quantitative estimate of drug-likeness (QED) is 0.326. The third-order valence-corrected chi connectivity index (χ3v) is 7.27. The number of thioether (sulfide) groups is 1. The van der Waals surface area contributed by atoms with Crippen molar-refractivity contribution >= 4 is 23.6 Å². The normalized spacial score (nSPS) is 12.6. The largest absolute Gasteiger partial charge is 0.352 e. The molecule has 1 N–H and O–H groups in total. The number of benzene rings is 3. The van der Waals surface area contributed by atoms with Crippen LogP contribution in [0, 0.1) is 13.8 Å². The second-order valence-electron chi connectivity index (χ2n) is 9.52. The first-order chi connectivity index (χ1) is 17.4. The second kappa shape index (κ2) is 13.9. The highest BCUT2D eigenvalue weighted by atomic mass is 32.2. The molecule has 0 fully saturated rings. The number of hydrogen-bond acceptors (Lipinski definition) is 3. The summed E-state index contributed by atoms with van der Waals surface area (Å²) in [7, 11) is 0. The summed E-state index contributed by atoms with van der Waals surface area (Å²) in [6.45, 7) is 8.57. The predicted molar refractivity (Wildman–Crippen MR) is 151 cm³/mol. The van der Waals surface area contributed by atoms with Crippen molar-refractivity contribution in [1.29, 1.82) is 0 Å². The van der Waals surface area contributed by atoms with E-state index in [0.29, 0.717) is 18.7 Å². The van der Waals surface area contributed by atoms with E-state index < -0.39 is 6.04 Å². The van der Waals surface area contributed by atoms with Crippen molar-refractivity contribution in [2.75, 3.05) is 5.75 Å². The van der Waals surface area contributed by atoms with Gasteiger partial charge >= 0.3 is 0 Å². The lowest BCUT2D eigenvalue weighted by molar-refractivity contribution is -0.139. The minimum atomic E-state index is -0.589. The van der Waals surface area contributed by atoms with Gasteiger partial charge in [-0.3, -0.25) is 9.59 Å². The van der Waals surface area contributed by atoms with Crippen LogP contribution in [0.15, 0.2) is 78.9 Å². The molecular weight excluding hydrogens is 464 g/mol. The van der Waals surface area contributed by atoms with Crippen LogP contribution < -0.4 is 5.32 Å². The minimum absolute atomic E-state index is 0.0191. The molecular formula is C31H38N2O2S. The van der Waals surface area contributed by atoms with Gasteiger partial charge in [0.05, 0.1) is 5.75 Å². The van der Waals surface area contributed by atoms with Gasteiger partial charge in [-0.05, 0) is 43.9 Å². The summed E-state index contributed by atoms with van der Waals surface area (Å²) in [6, 6.07) is 25.9. The topological polar surface area (TPSA) is 49.4 Å².